The Balaban J connectivity index is 2.12. The third-order valence-corrected chi connectivity index (χ3v) is 4.06. The van der Waals surface area contributed by atoms with Crippen LogP contribution in [0.25, 0.3) is 0 Å². The molecule has 1 heterocycles. The van der Waals surface area contributed by atoms with E-state index in [1.807, 2.05) is 0 Å². The lowest BCUT2D eigenvalue weighted by Gasteiger charge is -2.30. The average molecular weight is 306 g/mol. The Kier molecular flexibility index (Phi) is 5.30. The summed E-state index contributed by atoms with van der Waals surface area (Å²) in [4.78, 5) is 35.8. The zero-order chi connectivity index (χ0) is 16.1. The molecule has 1 fully saturated rings. The van der Waals surface area contributed by atoms with Crippen molar-refractivity contribution < 1.29 is 9.59 Å². The number of nitrogens with zero attached hydrogens (tertiary/aromatic N) is 2. The molecule has 0 spiro atoms. The molecule has 0 aromatic carbocycles. The highest BCUT2D eigenvalue weighted by Gasteiger charge is 2.31. The average Bonchev–Trinajstić information content (AvgIpc) is 2.55. The third-order valence-electron chi connectivity index (χ3n) is 4.06. The smallest absolute Gasteiger partial charge is 0.271 e. The monoisotopic (exact) mass is 306 g/mol. The van der Waals surface area contributed by atoms with E-state index >= 15 is 0 Å². The van der Waals surface area contributed by atoms with Gasteiger partial charge in [-0.25, -0.2) is 4.68 Å². The number of nitrogens with one attached hydrogen (secondary N) is 2. The summed E-state index contributed by atoms with van der Waals surface area (Å²) in [5, 5.41) is 9.58. The van der Waals surface area contributed by atoms with E-state index in [1.54, 1.807) is 14.0 Å². The summed E-state index contributed by atoms with van der Waals surface area (Å²) < 4.78 is 1.24. The Hall–Kier alpha value is -2.18. The number of aromatic nitrogens is 2. The minimum absolute atomic E-state index is 0.0449. The fourth-order valence-corrected chi connectivity index (χ4v) is 2.84. The number of amides is 2. The highest BCUT2D eigenvalue weighted by Crippen LogP contribution is 2.24. The van der Waals surface area contributed by atoms with Crippen LogP contribution in [0.4, 0.5) is 0 Å². The standard InChI is InChI=1S/C15H22N4O3/c1-3-19-13(20)9-8-12(18-19)15(22)17-11-7-5-4-6-10(11)14(21)16-2/h8-11H,3-7H2,1-2H3,(H,16,21)(H,17,22)/t10-,11+/m1/s1. The van der Waals surface area contributed by atoms with Gasteiger partial charge in [-0.15, -0.1) is 0 Å². The number of carbonyl (C=O) groups excluding carboxylic acids is 2. The van der Waals surface area contributed by atoms with E-state index < -0.39 is 0 Å². The topological polar surface area (TPSA) is 93.1 Å². The summed E-state index contributed by atoms with van der Waals surface area (Å²) >= 11 is 0. The highest BCUT2D eigenvalue weighted by molar-refractivity contribution is 5.92. The van der Waals surface area contributed by atoms with E-state index in [4.69, 9.17) is 0 Å². The van der Waals surface area contributed by atoms with Crippen molar-refractivity contribution in [1.82, 2.24) is 20.4 Å². The van der Waals surface area contributed by atoms with E-state index in [-0.39, 0.29) is 35.0 Å². The number of aryl methyl sites for hydroxylation is 1. The molecule has 2 N–H and O–H groups in total. The number of hydrogen-bond acceptors (Lipinski definition) is 4. The van der Waals surface area contributed by atoms with E-state index in [2.05, 4.69) is 15.7 Å². The lowest BCUT2D eigenvalue weighted by molar-refractivity contribution is -0.126. The molecule has 2 amide bonds. The van der Waals surface area contributed by atoms with Crippen LogP contribution in [0.3, 0.4) is 0 Å². The molecule has 1 aromatic heterocycles. The first kappa shape index (κ1) is 16.2. The molecule has 0 unspecified atom stereocenters. The van der Waals surface area contributed by atoms with Gasteiger partial charge in [0.25, 0.3) is 11.5 Å². The van der Waals surface area contributed by atoms with Crippen molar-refractivity contribution >= 4 is 11.8 Å². The first-order valence-corrected chi connectivity index (χ1v) is 7.67. The summed E-state index contributed by atoms with van der Waals surface area (Å²) in [6.07, 6.45) is 3.52. The van der Waals surface area contributed by atoms with Crippen molar-refractivity contribution in [3.8, 4) is 0 Å². The largest absolute Gasteiger partial charge is 0.359 e. The van der Waals surface area contributed by atoms with Crippen LogP contribution in [0.5, 0.6) is 0 Å². The van der Waals surface area contributed by atoms with E-state index in [1.165, 1.54) is 16.8 Å². The molecule has 22 heavy (non-hydrogen) atoms. The Morgan fingerprint density at radius 3 is 2.73 bits per heavy atom. The Morgan fingerprint density at radius 2 is 2.05 bits per heavy atom. The van der Waals surface area contributed by atoms with Crippen molar-refractivity contribution in [2.45, 2.75) is 45.2 Å². The minimum atomic E-state index is -0.344. The van der Waals surface area contributed by atoms with Gasteiger partial charge in [0.1, 0.15) is 5.69 Å². The van der Waals surface area contributed by atoms with Crippen LogP contribution < -0.4 is 16.2 Å². The Labute approximate surface area is 129 Å². The van der Waals surface area contributed by atoms with Crippen molar-refractivity contribution in [3.05, 3.63) is 28.2 Å². The highest BCUT2D eigenvalue weighted by atomic mass is 16.2. The Bertz CT molecular complexity index is 611. The molecule has 0 saturated heterocycles. The van der Waals surface area contributed by atoms with Gasteiger partial charge in [-0.3, -0.25) is 14.4 Å². The summed E-state index contributed by atoms with van der Waals surface area (Å²) in [7, 11) is 1.61. The van der Waals surface area contributed by atoms with Gasteiger partial charge < -0.3 is 10.6 Å². The second-order valence-electron chi connectivity index (χ2n) is 5.46. The van der Waals surface area contributed by atoms with Gasteiger partial charge >= 0.3 is 0 Å². The lowest BCUT2D eigenvalue weighted by atomic mass is 9.83. The Morgan fingerprint density at radius 1 is 1.32 bits per heavy atom. The molecule has 1 aliphatic carbocycles. The number of hydrogen-bond donors (Lipinski definition) is 2. The second-order valence-corrected chi connectivity index (χ2v) is 5.46. The molecule has 120 valence electrons. The zero-order valence-corrected chi connectivity index (χ0v) is 13.0. The normalized spacial score (nSPS) is 21.2. The van der Waals surface area contributed by atoms with Gasteiger partial charge in [0.2, 0.25) is 5.91 Å². The second kappa shape index (κ2) is 7.20. The van der Waals surface area contributed by atoms with Crippen LogP contribution in [0.2, 0.25) is 0 Å². The molecule has 7 nitrogen and oxygen atoms in total. The van der Waals surface area contributed by atoms with Crippen LogP contribution in [0, 0.1) is 5.92 Å². The van der Waals surface area contributed by atoms with E-state index in [0.717, 1.165) is 25.7 Å². The maximum atomic E-state index is 12.3. The van der Waals surface area contributed by atoms with E-state index in [0.29, 0.717) is 6.54 Å². The van der Waals surface area contributed by atoms with Gasteiger partial charge in [0.05, 0.1) is 5.92 Å². The SMILES string of the molecule is CCn1nc(C(=O)N[C@H]2CCCC[C@H]2C(=O)NC)ccc1=O. The van der Waals surface area contributed by atoms with Crippen LogP contribution in [0.15, 0.2) is 16.9 Å². The number of rotatable bonds is 4. The van der Waals surface area contributed by atoms with Gasteiger partial charge in [-0.1, -0.05) is 12.8 Å². The molecule has 2 rings (SSSR count). The zero-order valence-electron chi connectivity index (χ0n) is 13.0. The minimum Gasteiger partial charge on any atom is -0.359 e. The first-order valence-electron chi connectivity index (χ1n) is 7.67. The first-order chi connectivity index (χ1) is 10.6. The maximum Gasteiger partial charge on any atom is 0.271 e. The van der Waals surface area contributed by atoms with Crippen LogP contribution >= 0.6 is 0 Å². The van der Waals surface area contributed by atoms with E-state index in [9.17, 15) is 14.4 Å². The van der Waals surface area contributed by atoms with Crippen molar-refractivity contribution in [2.24, 2.45) is 5.92 Å². The predicted octanol–water partition coefficient (Wildman–Crippen LogP) is 0.298. The molecular formula is C15H22N4O3. The molecule has 0 aliphatic heterocycles. The fraction of sp³-hybridized carbons (Fsp3) is 0.600. The summed E-state index contributed by atoms with van der Waals surface area (Å²) in [5.41, 5.74) is -0.0392. The predicted molar refractivity (Wildman–Crippen MR) is 81.4 cm³/mol. The molecule has 0 bridgehead atoms. The molecule has 7 heteroatoms. The summed E-state index contributed by atoms with van der Waals surface area (Å²) in [6, 6.07) is 2.56. The van der Waals surface area contributed by atoms with Gasteiger partial charge in [0.15, 0.2) is 0 Å². The summed E-state index contributed by atoms with van der Waals surface area (Å²) in [5.74, 6) is -0.598. The van der Waals surface area contributed by atoms with Crippen molar-refractivity contribution in [2.75, 3.05) is 7.05 Å². The van der Waals surface area contributed by atoms with Gasteiger partial charge in [-0.2, -0.15) is 5.10 Å². The van der Waals surface area contributed by atoms with Crippen molar-refractivity contribution in [1.29, 1.82) is 0 Å². The lowest BCUT2D eigenvalue weighted by Crippen LogP contribution is -2.48. The van der Waals surface area contributed by atoms with Crippen LogP contribution in [0.1, 0.15) is 43.1 Å². The van der Waals surface area contributed by atoms with Gasteiger partial charge in [0, 0.05) is 25.7 Å². The maximum absolute atomic E-state index is 12.3. The number of carbonyl (C=O) groups is 2. The molecule has 0 radical (unpaired) electrons. The van der Waals surface area contributed by atoms with Crippen molar-refractivity contribution in [3.63, 3.8) is 0 Å². The molecule has 1 aromatic rings. The van der Waals surface area contributed by atoms with Crippen LogP contribution in [-0.4, -0.2) is 34.7 Å². The molecule has 1 saturated carbocycles. The van der Waals surface area contributed by atoms with Crippen LogP contribution in [-0.2, 0) is 11.3 Å². The third kappa shape index (κ3) is 3.52. The molecular weight excluding hydrogens is 284 g/mol. The summed E-state index contributed by atoms with van der Waals surface area (Å²) in [6.45, 7) is 2.20. The molecule has 2 atom stereocenters. The molecule has 1 aliphatic rings. The fourth-order valence-electron chi connectivity index (χ4n) is 2.84. The van der Waals surface area contributed by atoms with Gasteiger partial charge in [-0.05, 0) is 25.8 Å². The quantitative estimate of drug-likeness (QED) is 0.836.